The fourth-order valence-electron chi connectivity index (χ4n) is 3.80. The largest absolute Gasteiger partial charge is 0.780 e. The van der Waals surface area contributed by atoms with Gasteiger partial charge in [-0.15, -0.1) is 0 Å². The zero-order chi connectivity index (χ0) is 23.0. The second kappa shape index (κ2) is 9.03. The summed E-state index contributed by atoms with van der Waals surface area (Å²) in [7, 11) is 0. The van der Waals surface area contributed by atoms with Gasteiger partial charge >= 0.3 is 0 Å². The highest BCUT2D eigenvalue weighted by molar-refractivity contribution is 8.06. The second-order valence-corrected chi connectivity index (χ2v) is 10.5. The van der Waals surface area contributed by atoms with Crippen molar-refractivity contribution < 1.29 is 23.8 Å². The summed E-state index contributed by atoms with van der Waals surface area (Å²) in [5.41, 5.74) is 7.59. The molecule has 4 aromatic rings. The minimum absolute atomic E-state index is 0.0461. The lowest BCUT2D eigenvalue weighted by Gasteiger charge is -2.29. The van der Waals surface area contributed by atoms with Gasteiger partial charge in [-0.2, -0.15) is 0 Å². The van der Waals surface area contributed by atoms with E-state index in [1.165, 1.54) is 12.7 Å². The maximum atomic E-state index is 12.6. The third-order valence-corrected chi connectivity index (χ3v) is 7.04. The van der Waals surface area contributed by atoms with Crippen LogP contribution >= 0.6 is 6.72 Å². The number of nitrogens with two attached hydrogens (primary N) is 1. The van der Waals surface area contributed by atoms with Gasteiger partial charge < -0.3 is 29.5 Å². The van der Waals surface area contributed by atoms with Crippen LogP contribution in [0.15, 0.2) is 55.1 Å². The van der Waals surface area contributed by atoms with E-state index >= 15 is 0 Å². The molecular weight excluding hydrogens is 465 g/mol. The van der Waals surface area contributed by atoms with E-state index in [-0.39, 0.29) is 25.5 Å². The molecule has 0 spiro atoms. The summed E-state index contributed by atoms with van der Waals surface area (Å²) in [4.78, 5) is 24.9. The van der Waals surface area contributed by atoms with Crippen LogP contribution < -0.4 is 10.6 Å². The van der Waals surface area contributed by atoms with Gasteiger partial charge in [0.2, 0.25) is 0 Å². The molecule has 3 N–H and O–H groups in total. The highest BCUT2D eigenvalue weighted by Crippen LogP contribution is 2.41. The number of aromatic nitrogens is 4. The number of nitrogen functional groups attached to an aromatic ring is 1. The van der Waals surface area contributed by atoms with E-state index in [1.54, 1.807) is 4.57 Å². The zero-order valence-electron chi connectivity index (χ0n) is 17.4. The number of aliphatic hydroxyl groups is 1. The average molecular weight is 486 g/mol. The molecule has 2 aromatic heterocycles. The maximum Gasteiger partial charge on any atom is 0.167 e. The fourth-order valence-corrected chi connectivity index (χ4v) is 4.85. The topological polar surface area (TPSA) is 141 Å². The summed E-state index contributed by atoms with van der Waals surface area (Å²) in [6, 6.07) is 13.7. The number of fused-ring (bicyclic) bond motifs is 2. The molecule has 1 aliphatic rings. The van der Waals surface area contributed by atoms with Gasteiger partial charge in [0.1, 0.15) is 30.9 Å². The molecule has 1 aliphatic heterocycles. The van der Waals surface area contributed by atoms with Gasteiger partial charge in [0.05, 0.1) is 25.6 Å². The van der Waals surface area contributed by atoms with E-state index in [1.807, 2.05) is 42.5 Å². The number of hydrogen-bond acceptors (Lipinski definition) is 10. The lowest BCUT2D eigenvalue weighted by atomic mass is 10.1. The van der Waals surface area contributed by atoms with Crippen molar-refractivity contribution in [2.75, 3.05) is 12.3 Å². The maximum absolute atomic E-state index is 12.6. The van der Waals surface area contributed by atoms with Crippen molar-refractivity contribution in [3.8, 4) is 0 Å². The van der Waals surface area contributed by atoms with Gasteiger partial charge in [0.25, 0.3) is 0 Å². The molecular formula is C21H21N5O5PS-. The number of imidazole rings is 1. The Morgan fingerprint density at radius 1 is 1.18 bits per heavy atom. The first-order valence-corrected chi connectivity index (χ1v) is 12.8. The summed E-state index contributed by atoms with van der Waals surface area (Å²) in [6.45, 7) is -3.92. The quantitative estimate of drug-likeness (QED) is 0.373. The summed E-state index contributed by atoms with van der Waals surface area (Å²) in [5.74, 6) is 0.257. The Morgan fingerprint density at radius 3 is 2.85 bits per heavy atom. The SMILES string of the molecule is Nc1ncnc2c1ncn2C1CC(O)C(COP([O-])(=S)OCc2ccc3ccccc3c2)O1. The van der Waals surface area contributed by atoms with Gasteiger partial charge in [-0.3, -0.25) is 4.57 Å². The van der Waals surface area contributed by atoms with Crippen LogP contribution in [0.4, 0.5) is 5.82 Å². The van der Waals surface area contributed by atoms with Gasteiger partial charge in [0.15, 0.2) is 11.5 Å². The van der Waals surface area contributed by atoms with E-state index in [4.69, 9.17) is 31.3 Å². The number of hydrogen-bond donors (Lipinski definition) is 2. The highest BCUT2D eigenvalue weighted by Gasteiger charge is 2.36. The van der Waals surface area contributed by atoms with Crippen LogP contribution in [0.1, 0.15) is 18.2 Å². The Kier molecular flexibility index (Phi) is 6.11. The first kappa shape index (κ1) is 22.3. The van der Waals surface area contributed by atoms with Crippen molar-refractivity contribution >= 4 is 46.3 Å². The Morgan fingerprint density at radius 2 is 2.00 bits per heavy atom. The van der Waals surface area contributed by atoms with Crippen molar-refractivity contribution in [2.45, 2.75) is 31.5 Å². The lowest BCUT2D eigenvalue weighted by Crippen LogP contribution is -2.27. The van der Waals surface area contributed by atoms with Crippen LogP contribution in [0, 0.1) is 0 Å². The van der Waals surface area contributed by atoms with Crippen molar-refractivity contribution in [1.29, 1.82) is 0 Å². The van der Waals surface area contributed by atoms with Crippen molar-refractivity contribution in [3.63, 3.8) is 0 Å². The second-order valence-electron chi connectivity index (χ2n) is 7.71. The molecule has 4 unspecified atom stereocenters. The molecule has 5 rings (SSSR count). The average Bonchev–Trinajstić information content (AvgIpc) is 3.40. The van der Waals surface area contributed by atoms with Gasteiger partial charge in [-0.1, -0.05) is 48.2 Å². The molecule has 172 valence electrons. The minimum Gasteiger partial charge on any atom is -0.780 e. The third kappa shape index (κ3) is 4.75. The molecule has 0 saturated carbocycles. The van der Waals surface area contributed by atoms with Crippen LogP contribution in [0.25, 0.3) is 21.9 Å². The molecule has 1 fully saturated rings. The van der Waals surface area contributed by atoms with Gasteiger partial charge in [-0.25, -0.2) is 15.0 Å². The van der Waals surface area contributed by atoms with Crippen LogP contribution in [0.5, 0.6) is 0 Å². The first-order chi connectivity index (χ1) is 15.9. The molecule has 0 amide bonds. The lowest BCUT2D eigenvalue weighted by molar-refractivity contribution is -0.211. The Hall–Kier alpha value is -2.50. The van der Waals surface area contributed by atoms with Crippen molar-refractivity contribution in [3.05, 3.63) is 60.7 Å². The summed E-state index contributed by atoms with van der Waals surface area (Å²) in [6.07, 6.45) is 0.983. The zero-order valence-corrected chi connectivity index (χ0v) is 19.1. The molecule has 0 bridgehead atoms. The van der Waals surface area contributed by atoms with Crippen LogP contribution in [-0.4, -0.2) is 43.4 Å². The van der Waals surface area contributed by atoms with Crippen LogP contribution in [-0.2, 0) is 32.2 Å². The predicted molar refractivity (Wildman–Crippen MR) is 123 cm³/mol. The molecule has 1 saturated heterocycles. The minimum atomic E-state index is -3.79. The van der Waals surface area contributed by atoms with E-state index in [9.17, 15) is 10.00 Å². The van der Waals surface area contributed by atoms with Gasteiger partial charge in [0, 0.05) is 6.42 Å². The highest BCUT2D eigenvalue weighted by atomic mass is 32.5. The Labute approximate surface area is 194 Å². The Bertz CT molecular complexity index is 1350. The van der Waals surface area contributed by atoms with Crippen LogP contribution in [0.2, 0.25) is 0 Å². The van der Waals surface area contributed by atoms with Gasteiger partial charge in [-0.05, 0) is 22.4 Å². The number of anilines is 1. The summed E-state index contributed by atoms with van der Waals surface area (Å²) >= 11 is 5.03. The van der Waals surface area contributed by atoms with E-state index < -0.39 is 25.2 Å². The molecule has 3 heterocycles. The molecule has 33 heavy (non-hydrogen) atoms. The van der Waals surface area contributed by atoms with Crippen molar-refractivity contribution in [1.82, 2.24) is 19.5 Å². The summed E-state index contributed by atoms with van der Waals surface area (Å²) in [5, 5.41) is 12.6. The Balaban J connectivity index is 1.19. The van der Waals surface area contributed by atoms with Crippen molar-refractivity contribution in [2.24, 2.45) is 0 Å². The number of aliphatic hydroxyl groups excluding tert-OH is 1. The van der Waals surface area contributed by atoms with E-state index in [2.05, 4.69) is 15.0 Å². The summed E-state index contributed by atoms with van der Waals surface area (Å²) < 4.78 is 18.3. The molecule has 12 heteroatoms. The number of benzene rings is 2. The normalized spacial score (nSPS) is 22.7. The molecule has 0 radical (unpaired) electrons. The fraction of sp³-hybridized carbons (Fsp3) is 0.286. The number of ether oxygens (including phenoxy) is 1. The van der Waals surface area contributed by atoms with E-state index in [0.29, 0.717) is 11.2 Å². The third-order valence-electron chi connectivity index (χ3n) is 5.50. The molecule has 4 atom stereocenters. The number of rotatable bonds is 7. The predicted octanol–water partition coefficient (Wildman–Crippen LogP) is 2.03. The molecule has 0 aliphatic carbocycles. The van der Waals surface area contributed by atoms with E-state index in [0.717, 1.165) is 16.3 Å². The number of nitrogens with zero attached hydrogens (tertiary/aromatic N) is 4. The molecule has 10 nitrogen and oxygen atoms in total. The van der Waals surface area contributed by atoms with Crippen LogP contribution in [0.3, 0.4) is 0 Å². The first-order valence-electron chi connectivity index (χ1n) is 10.2. The molecule has 2 aromatic carbocycles. The monoisotopic (exact) mass is 486 g/mol. The smallest absolute Gasteiger partial charge is 0.167 e. The standard InChI is InChI=1S/C21H22N5O5PS/c22-20-19-21(24-11-23-20)26(12-25-19)18-8-16(27)17(31-18)10-30-32(28,33)29-9-13-5-6-14-3-1-2-4-15(14)7-13/h1-7,11-12,16-18,27H,8-10H2,(H,28,33)(H2,22,23,24)/p-1.